The van der Waals surface area contributed by atoms with Gasteiger partial charge in [0.05, 0.1) is 5.25 Å². The molecule has 0 unspecified atom stereocenters. The Bertz CT molecular complexity index is 610. The third-order valence-electron chi connectivity index (χ3n) is 3.47. The maximum Gasteiger partial charge on any atom is 0.233 e. The van der Waals surface area contributed by atoms with E-state index < -0.39 is 0 Å². The molecular weight excluding hydrogens is 278 g/mol. The monoisotopic (exact) mass is 299 g/mol. The highest BCUT2D eigenvalue weighted by molar-refractivity contribution is 8.00. The van der Waals surface area contributed by atoms with Gasteiger partial charge in [0.25, 0.3) is 0 Å². The van der Waals surface area contributed by atoms with Crippen LogP contribution < -0.4 is 5.32 Å². The molecule has 0 radical (unpaired) electrons. The van der Waals surface area contributed by atoms with E-state index in [-0.39, 0.29) is 11.2 Å². The van der Waals surface area contributed by atoms with Gasteiger partial charge in [-0.1, -0.05) is 36.4 Å². The van der Waals surface area contributed by atoms with Gasteiger partial charge in [0, 0.05) is 11.4 Å². The second-order valence-electron chi connectivity index (χ2n) is 5.21. The van der Waals surface area contributed by atoms with Crippen molar-refractivity contribution in [2.24, 2.45) is 0 Å². The number of hydrogen-bond acceptors (Lipinski definition) is 2. The van der Waals surface area contributed by atoms with Crippen LogP contribution in [0.25, 0.3) is 0 Å². The summed E-state index contributed by atoms with van der Waals surface area (Å²) in [6, 6.07) is 16.3. The first-order valence-electron chi connectivity index (χ1n) is 7.12. The van der Waals surface area contributed by atoms with E-state index in [4.69, 9.17) is 0 Å². The van der Waals surface area contributed by atoms with Gasteiger partial charge >= 0.3 is 0 Å². The van der Waals surface area contributed by atoms with E-state index in [1.54, 1.807) is 11.8 Å². The molecule has 21 heavy (non-hydrogen) atoms. The van der Waals surface area contributed by atoms with Crippen molar-refractivity contribution in [2.75, 3.05) is 0 Å². The lowest BCUT2D eigenvalue weighted by Gasteiger charge is -2.13. The number of thioether (sulfide) groups is 1. The third kappa shape index (κ3) is 4.64. The predicted octanol–water partition coefficient (Wildman–Crippen LogP) is 4.10. The fourth-order valence-corrected chi connectivity index (χ4v) is 2.96. The van der Waals surface area contributed by atoms with Gasteiger partial charge in [-0.05, 0) is 49.6 Å². The molecule has 0 bridgehead atoms. The lowest BCUT2D eigenvalue weighted by molar-refractivity contribution is -0.120. The normalized spacial score (nSPS) is 12.0. The molecule has 0 fully saturated rings. The van der Waals surface area contributed by atoms with Crippen LogP contribution in [0.4, 0.5) is 0 Å². The molecule has 1 amide bonds. The quantitative estimate of drug-likeness (QED) is 0.842. The molecule has 0 saturated heterocycles. The lowest BCUT2D eigenvalue weighted by atomic mass is 10.1. The van der Waals surface area contributed by atoms with Crippen molar-refractivity contribution in [3.63, 3.8) is 0 Å². The molecule has 0 heterocycles. The van der Waals surface area contributed by atoms with Gasteiger partial charge in [-0.3, -0.25) is 4.79 Å². The van der Waals surface area contributed by atoms with Crippen LogP contribution in [0.2, 0.25) is 0 Å². The van der Waals surface area contributed by atoms with Crippen LogP contribution in [0, 0.1) is 13.8 Å². The smallest absolute Gasteiger partial charge is 0.233 e. The summed E-state index contributed by atoms with van der Waals surface area (Å²) < 4.78 is 0. The number of rotatable bonds is 5. The van der Waals surface area contributed by atoms with Crippen LogP contribution in [0.15, 0.2) is 53.4 Å². The van der Waals surface area contributed by atoms with Gasteiger partial charge in [0.1, 0.15) is 0 Å². The number of aryl methyl sites for hydroxylation is 2. The van der Waals surface area contributed by atoms with Gasteiger partial charge in [-0.15, -0.1) is 11.8 Å². The second-order valence-corrected chi connectivity index (χ2v) is 6.62. The number of hydrogen-bond donors (Lipinski definition) is 1. The fourth-order valence-electron chi connectivity index (χ4n) is 1.97. The minimum absolute atomic E-state index is 0.0714. The lowest BCUT2D eigenvalue weighted by Crippen LogP contribution is -2.30. The topological polar surface area (TPSA) is 29.1 Å². The van der Waals surface area contributed by atoms with E-state index >= 15 is 0 Å². The van der Waals surface area contributed by atoms with Gasteiger partial charge < -0.3 is 5.32 Å². The molecule has 3 heteroatoms. The molecule has 0 aliphatic heterocycles. The summed E-state index contributed by atoms with van der Waals surface area (Å²) in [4.78, 5) is 13.3. The highest BCUT2D eigenvalue weighted by atomic mass is 32.2. The molecule has 0 aliphatic carbocycles. The molecular formula is C18H21NOS. The first-order chi connectivity index (χ1) is 10.1. The van der Waals surface area contributed by atoms with E-state index in [1.165, 1.54) is 11.1 Å². The second kappa shape index (κ2) is 7.32. The Morgan fingerprint density at radius 2 is 1.81 bits per heavy atom. The first kappa shape index (κ1) is 15.6. The van der Waals surface area contributed by atoms with Crippen molar-refractivity contribution in [3.05, 3.63) is 65.2 Å². The summed E-state index contributed by atoms with van der Waals surface area (Å²) >= 11 is 1.60. The Kier molecular flexibility index (Phi) is 5.45. The molecule has 2 rings (SSSR count). The third-order valence-corrected chi connectivity index (χ3v) is 4.56. The number of amides is 1. The van der Waals surface area contributed by atoms with E-state index in [1.807, 2.05) is 37.3 Å². The Morgan fingerprint density at radius 1 is 1.10 bits per heavy atom. The average Bonchev–Trinajstić information content (AvgIpc) is 2.49. The van der Waals surface area contributed by atoms with E-state index in [0.29, 0.717) is 6.54 Å². The number of carbonyl (C=O) groups is 1. The van der Waals surface area contributed by atoms with Crippen molar-refractivity contribution in [3.8, 4) is 0 Å². The highest BCUT2D eigenvalue weighted by Crippen LogP contribution is 2.25. The van der Waals surface area contributed by atoms with Crippen molar-refractivity contribution in [1.82, 2.24) is 5.32 Å². The number of benzene rings is 2. The molecule has 0 aromatic heterocycles. The number of carbonyl (C=O) groups excluding carboxylic acids is 1. The maximum absolute atomic E-state index is 12.1. The van der Waals surface area contributed by atoms with Gasteiger partial charge in [-0.2, -0.15) is 0 Å². The molecule has 0 saturated carbocycles. The SMILES string of the molecule is Cc1ccc(S[C@H](C)C(=O)NCc2ccccc2)cc1C. The summed E-state index contributed by atoms with van der Waals surface area (Å²) in [7, 11) is 0. The Hall–Kier alpha value is -1.74. The summed E-state index contributed by atoms with van der Waals surface area (Å²) in [5.41, 5.74) is 3.66. The van der Waals surface area contributed by atoms with Crippen LogP contribution in [0.1, 0.15) is 23.6 Å². The summed E-state index contributed by atoms with van der Waals surface area (Å²) in [5.74, 6) is 0.0714. The predicted molar refractivity (Wildman–Crippen MR) is 89.5 cm³/mol. The Morgan fingerprint density at radius 3 is 2.48 bits per heavy atom. The summed E-state index contributed by atoms with van der Waals surface area (Å²) in [6.07, 6.45) is 0. The largest absolute Gasteiger partial charge is 0.351 e. The van der Waals surface area contributed by atoms with Gasteiger partial charge in [0.15, 0.2) is 0 Å². The molecule has 1 atom stereocenters. The molecule has 110 valence electrons. The molecule has 1 N–H and O–H groups in total. The van der Waals surface area contributed by atoms with Crippen molar-refractivity contribution in [2.45, 2.75) is 37.5 Å². The van der Waals surface area contributed by atoms with Crippen LogP contribution in [0.3, 0.4) is 0 Å². The Balaban J connectivity index is 1.88. The van der Waals surface area contributed by atoms with Crippen molar-refractivity contribution < 1.29 is 4.79 Å². The van der Waals surface area contributed by atoms with Crippen LogP contribution in [0.5, 0.6) is 0 Å². The first-order valence-corrected chi connectivity index (χ1v) is 8.00. The van der Waals surface area contributed by atoms with E-state index in [9.17, 15) is 4.79 Å². The highest BCUT2D eigenvalue weighted by Gasteiger charge is 2.14. The summed E-state index contributed by atoms with van der Waals surface area (Å²) in [5, 5.41) is 2.88. The zero-order valence-corrected chi connectivity index (χ0v) is 13.5. The molecule has 0 aliphatic rings. The van der Waals surface area contributed by atoms with Crippen molar-refractivity contribution >= 4 is 17.7 Å². The maximum atomic E-state index is 12.1. The van der Waals surface area contributed by atoms with E-state index in [2.05, 4.69) is 37.4 Å². The molecule has 2 aromatic rings. The van der Waals surface area contributed by atoms with E-state index in [0.717, 1.165) is 10.5 Å². The zero-order chi connectivity index (χ0) is 15.2. The average molecular weight is 299 g/mol. The van der Waals surface area contributed by atoms with Crippen LogP contribution in [-0.2, 0) is 11.3 Å². The molecule has 2 aromatic carbocycles. The van der Waals surface area contributed by atoms with Crippen molar-refractivity contribution in [1.29, 1.82) is 0 Å². The summed E-state index contributed by atoms with van der Waals surface area (Å²) in [6.45, 7) is 6.72. The van der Waals surface area contributed by atoms with Crippen LogP contribution >= 0.6 is 11.8 Å². The van der Waals surface area contributed by atoms with Gasteiger partial charge in [0.2, 0.25) is 5.91 Å². The fraction of sp³-hybridized carbons (Fsp3) is 0.278. The molecule has 0 spiro atoms. The van der Waals surface area contributed by atoms with Gasteiger partial charge in [-0.25, -0.2) is 0 Å². The minimum Gasteiger partial charge on any atom is -0.351 e. The molecule has 2 nitrogen and oxygen atoms in total. The minimum atomic E-state index is -0.101. The van der Waals surface area contributed by atoms with Crippen LogP contribution in [-0.4, -0.2) is 11.2 Å². The number of nitrogens with one attached hydrogen (secondary N) is 1. The Labute approximate surface area is 131 Å². The zero-order valence-electron chi connectivity index (χ0n) is 12.7. The standard InChI is InChI=1S/C18H21NOS/c1-13-9-10-17(11-14(13)2)21-15(3)18(20)19-12-16-7-5-4-6-8-16/h4-11,15H,12H2,1-3H3,(H,19,20)/t15-/m1/s1.